The summed E-state index contributed by atoms with van der Waals surface area (Å²) in [6, 6.07) is 2.47. The van der Waals surface area contributed by atoms with Crippen LogP contribution in [-0.2, 0) is 17.7 Å². The SMILES string of the molecule is COCCCCn1ccc2c1CCCC2N. The zero-order valence-corrected chi connectivity index (χ0v) is 10.1. The molecule has 1 aliphatic carbocycles. The molecule has 1 aromatic heterocycles. The van der Waals surface area contributed by atoms with Crippen LogP contribution >= 0.6 is 0 Å². The van der Waals surface area contributed by atoms with Crippen LogP contribution in [0, 0.1) is 0 Å². The van der Waals surface area contributed by atoms with Crippen LogP contribution in [0.25, 0.3) is 0 Å². The number of aryl methyl sites for hydroxylation is 1. The van der Waals surface area contributed by atoms with E-state index < -0.39 is 0 Å². The molecule has 90 valence electrons. The van der Waals surface area contributed by atoms with E-state index in [4.69, 9.17) is 10.5 Å². The highest BCUT2D eigenvalue weighted by Gasteiger charge is 2.19. The third-order valence-corrected chi connectivity index (χ3v) is 3.44. The van der Waals surface area contributed by atoms with Crippen molar-refractivity contribution < 1.29 is 4.74 Å². The maximum absolute atomic E-state index is 6.10. The van der Waals surface area contributed by atoms with Crippen molar-refractivity contribution in [1.29, 1.82) is 0 Å². The number of fused-ring (bicyclic) bond motifs is 1. The first-order valence-electron chi connectivity index (χ1n) is 6.25. The van der Waals surface area contributed by atoms with E-state index in [0.29, 0.717) is 0 Å². The molecule has 1 unspecified atom stereocenters. The first-order chi connectivity index (χ1) is 7.83. The average molecular weight is 222 g/mol. The molecule has 3 nitrogen and oxygen atoms in total. The number of nitrogens with two attached hydrogens (primary N) is 1. The smallest absolute Gasteiger partial charge is 0.0462 e. The topological polar surface area (TPSA) is 40.2 Å². The van der Waals surface area contributed by atoms with Gasteiger partial charge >= 0.3 is 0 Å². The van der Waals surface area contributed by atoms with Crippen LogP contribution in [0.2, 0.25) is 0 Å². The fraction of sp³-hybridized carbons (Fsp3) is 0.692. The molecular formula is C13H22N2O. The summed E-state index contributed by atoms with van der Waals surface area (Å²) >= 11 is 0. The second kappa shape index (κ2) is 5.51. The van der Waals surface area contributed by atoms with Crippen LogP contribution in [-0.4, -0.2) is 18.3 Å². The zero-order chi connectivity index (χ0) is 11.4. The Balaban J connectivity index is 1.95. The monoisotopic (exact) mass is 222 g/mol. The lowest BCUT2D eigenvalue weighted by molar-refractivity contribution is 0.191. The summed E-state index contributed by atoms with van der Waals surface area (Å²) in [7, 11) is 1.76. The summed E-state index contributed by atoms with van der Waals surface area (Å²) in [6.45, 7) is 1.97. The normalized spacial score (nSPS) is 19.8. The van der Waals surface area contributed by atoms with Crippen molar-refractivity contribution in [2.24, 2.45) is 5.73 Å². The Bertz CT molecular complexity index is 333. The zero-order valence-electron chi connectivity index (χ0n) is 10.1. The van der Waals surface area contributed by atoms with Gasteiger partial charge < -0.3 is 15.0 Å². The van der Waals surface area contributed by atoms with E-state index in [2.05, 4.69) is 16.8 Å². The molecule has 1 aliphatic rings. The largest absolute Gasteiger partial charge is 0.385 e. The minimum Gasteiger partial charge on any atom is -0.385 e. The number of ether oxygens (including phenoxy) is 1. The number of aromatic nitrogens is 1. The van der Waals surface area contributed by atoms with Crippen molar-refractivity contribution in [1.82, 2.24) is 4.57 Å². The third kappa shape index (κ3) is 2.47. The summed E-state index contributed by atoms with van der Waals surface area (Å²) < 4.78 is 7.44. The fourth-order valence-electron chi connectivity index (χ4n) is 2.53. The summed E-state index contributed by atoms with van der Waals surface area (Å²) in [4.78, 5) is 0. The lowest BCUT2D eigenvalue weighted by atomic mass is 9.94. The molecule has 0 saturated carbocycles. The molecule has 3 heteroatoms. The Morgan fingerprint density at radius 1 is 1.50 bits per heavy atom. The third-order valence-electron chi connectivity index (χ3n) is 3.44. The molecule has 0 aromatic carbocycles. The number of methoxy groups -OCH3 is 1. The molecule has 16 heavy (non-hydrogen) atoms. The van der Waals surface area contributed by atoms with Crippen molar-refractivity contribution in [3.63, 3.8) is 0 Å². The molecule has 0 aliphatic heterocycles. The lowest BCUT2D eigenvalue weighted by Gasteiger charge is -2.20. The van der Waals surface area contributed by atoms with Gasteiger partial charge in [0.25, 0.3) is 0 Å². The van der Waals surface area contributed by atoms with Gasteiger partial charge in [-0.25, -0.2) is 0 Å². The molecule has 0 saturated heterocycles. The van der Waals surface area contributed by atoms with Crippen molar-refractivity contribution in [3.05, 3.63) is 23.5 Å². The average Bonchev–Trinajstić information content (AvgIpc) is 2.70. The second-order valence-electron chi connectivity index (χ2n) is 4.61. The standard InChI is InChI=1S/C13H22N2O/c1-16-10-3-2-8-15-9-7-11-12(14)5-4-6-13(11)15/h7,9,12H,2-6,8,10,14H2,1H3. The van der Waals surface area contributed by atoms with E-state index in [0.717, 1.165) is 26.0 Å². The lowest BCUT2D eigenvalue weighted by Crippen LogP contribution is -2.18. The van der Waals surface area contributed by atoms with E-state index >= 15 is 0 Å². The van der Waals surface area contributed by atoms with Crippen LogP contribution in [0.4, 0.5) is 0 Å². The van der Waals surface area contributed by atoms with Crippen LogP contribution in [0.15, 0.2) is 12.3 Å². The van der Waals surface area contributed by atoms with Crippen LogP contribution < -0.4 is 5.73 Å². The molecule has 0 fully saturated rings. The number of nitrogens with zero attached hydrogens (tertiary/aromatic N) is 1. The number of hydrogen-bond donors (Lipinski definition) is 1. The van der Waals surface area contributed by atoms with Crippen LogP contribution in [0.1, 0.15) is 43.0 Å². The van der Waals surface area contributed by atoms with E-state index in [1.54, 1.807) is 7.11 Å². The molecule has 1 atom stereocenters. The van der Waals surface area contributed by atoms with Crippen LogP contribution in [0.3, 0.4) is 0 Å². The Kier molecular flexibility index (Phi) is 4.02. The highest BCUT2D eigenvalue weighted by atomic mass is 16.5. The van der Waals surface area contributed by atoms with Gasteiger partial charge in [-0.3, -0.25) is 0 Å². The van der Waals surface area contributed by atoms with E-state index in [9.17, 15) is 0 Å². The summed E-state index contributed by atoms with van der Waals surface area (Å²) in [6.07, 6.45) is 8.08. The van der Waals surface area contributed by atoms with Gasteiger partial charge in [0.1, 0.15) is 0 Å². The molecule has 1 aromatic rings. The van der Waals surface area contributed by atoms with Gasteiger partial charge in [0.2, 0.25) is 0 Å². The summed E-state index contributed by atoms with van der Waals surface area (Å²) in [5, 5.41) is 0. The Hall–Kier alpha value is -0.800. The van der Waals surface area contributed by atoms with Crippen molar-refractivity contribution in [2.45, 2.75) is 44.7 Å². The van der Waals surface area contributed by atoms with Gasteiger partial charge in [0.15, 0.2) is 0 Å². The van der Waals surface area contributed by atoms with E-state index in [1.807, 2.05) is 0 Å². The van der Waals surface area contributed by atoms with Crippen molar-refractivity contribution in [2.75, 3.05) is 13.7 Å². The molecule has 0 spiro atoms. The number of rotatable bonds is 5. The van der Waals surface area contributed by atoms with Gasteiger partial charge in [-0.05, 0) is 43.7 Å². The Morgan fingerprint density at radius 3 is 3.19 bits per heavy atom. The molecule has 0 amide bonds. The minimum atomic E-state index is 0.268. The predicted molar refractivity (Wildman–Crippen MR) is 65.4 cm³/mol. The highest BCUT2D eigenvalue weighted by molar-refractivity contribution is 5.28. The maximum Gasteiger partial charge on any atom is 0.0462 e. The van der Waals surface area contributed by atoms with Gasteiger partial charge in [-0.15, -0.1) is 0 Å². The second-order valence-corrected chi connectivity index (χ2v) is 4.61. The van der Waals surface area contributed by atoms with Gasteiger partial charge in [-0.2, -0.15) is 0 Å². The molecule has 2 rings (SSSR count). The Morgan fingerprint density at radius 2 is 2.38 bits per heavy atom. The molecule has 0 bridgehead atoms. The first-order valence-corrected chi connectivity index (χ1v) is 6.25. The van der Waals surface area contributed by atoms with Gasteiger partial charge in [-0.1, -0.05) is 0 Å². The summed E-state index contributed by atoms with van der Waals surface area (Å²) in [5.41, 5.74) is 8.94. The van der Waals surface area contributed by atoms with Crippen molar-refractivity contribution >= 4 is 0 Å². The molecular weight excluding hydrogens is 200 g/mol. The highest BCUT2D eigenvalue weighted by Crippen LogP contribution is 2.28. The molecule has 2 N–H and O–H groups in total. The molecule has 0 radical (unpaired) electrons. The van der Waals surface area contributed by atoms with Crippen molar-refractivity contribution in [3.8, 4) is 0 Å². The fourth-order valence-corrected chi connectivity index (χ4v) is 2.53. The molecule has 1 heterocycles. The number of unbranched alkanes of at least 4 members (excludes halogenated alkanes) is 1. The first kappa shape index (κ1) is 11.7. The van der Waals surface area contributed by atoms with Gasteiger partial charge in [0.05, 0.1) is 0 Å². The predicted octanol–water partition coefficient (Wildman–Crippen LogP) is 2.25. The van der Waals surface area contributed by atoms with Gasteiger partial charge in [0, 0.05) is 38.2 Å². The Labute approximate surface area is 97.6 Å². The maximum atomic E-state index is 6.10. The quantitative estimate of drug-likeness (QED) is 0.776. The number of hydrogen-bond acceptors (Lipinski definition) is 2. The minimum absolute atomic E-state index is 0.268. The summed E-state index contributed by atoms with van der Waals surface area (Å²) in [5.74, 6) is 0. The van der Waals surface area contributed by atoms with E-state index in [-0.39, 0.29) is 6.04 Å². The van der Waals surface area contributed by atoms with Crippen LogP contribution in [0.5, 0.6) is 0 Å². The van der Waals surface area contributed by atoms with E-state index in [1.165, 1.54) is 30.5 Å².